The highest BCUT2D eigenvalue weighted by atomic mass is 19.1. The van der Waals surface area contributed by atoms with E-state index in [1.54, 1.807) is 6.07 Å². The lowest BCUT2D eigenvalue weighted by Crippen LogP contribution is -2.36. The lowest BCUT2D eigenvalue weighted by Gasteiger charge is -2.28. The molecule has 0 bridgehead atoms. The fraction of sp³-hybridized carbons (Fsp3) is 0.211. The topological polar surface area (TPSA) is 36.1 Å². The summed E-state index contributed by atoms with van der Waals surface area (Å²) in [5.74, 6) is -0.306. The van der Waals surface area contributed by atoms with Gasteiger partial charge in [0.1, 0.15) is 11.5 Å². The quantitative estimate of drug-likeness (QED) is 0.729. The number of fused-ring (bicyclic) bond motifs is 2. The van der Waals surface area contributed by atoms with Crippen LogP contribution in [0.3, 0.4) is 0 Å². The lowest BCUT2D eigenvalue weighted by molar-refractivity contribution is 0.0729. The van der Waals surface area contributed by atoms with Crippen molar-refractivity contribution in [1.82, 2.24) is 9.88 Å². The Kier molecular flexibility index (Phi) is 3.18. The molecule has 0 aliphatic carbocycles. The minimum atomic E-state index is -0.287. The normalized spacial score (nSPS) is 14.1. The molecule has 1 amide bonds. The lowest BCUT2D eigenvalue weighted by atomic mass is 9.99. The van der Waals surface area contributed by atoms with Gasteiger partial charge in [-0.2, -0.15) is 0 Å². The van der Waals surface area contributed by atoms with Crippen LogP contribution in [-0.4, -0.2) is 22.3 Å². The highest BCUT2D eigenvalue weighted by molar-refractivity contribution is 6.01. The standard InChI is InChI=1S/C19H17FN2O/c1-12-16-10-15(20)6-7-17(16)21-18(12)19(23)22-9-8-13-4-2-3-5-14(13)11-22/h2-7,10,21H,8-9,11H2,1H3. The Bertz CT molecular complexity index is 913. The van der Waals surface area contributed by atoms with E-state index >= 15 is 0 Å². The first-order chi connectivity index (χ1) is 11.1. The summed E-state index contributed by atoms with van der Waals surface area (Å²) in [4.78, 5) is 17.9. The number of halogens is 1. The zero-order chi connectivity index (χ0) is 16.0. The summed E-state index contributed by atoms with van der Waals surface area (Å²) in [7, 11) is 0. The Morgan fingerprint density at radius 2 is 1.96 bits per heavy atom. The minimum absolute atomic E-state index is 0.0198. The Balaban J connectivity index is 1.69. The number of carbonyl (C=O) groups excluding carboxylic acids is 1. The van der Waals surface area contributed by atoms with E-state index in [1.807, 2.05) is 24.0 Å². The zero-order valence-electron chi connectivity index (χ0n) is 12.9. The number of nitrogens with zero attached hydrogens (tertiary/aromatic N) is 1. The number of hydrogen-bond acceptors (Lipinski definition) is 1. The van der Waals surface area contributed by atoms with Crippen molar-refractivity contribution in [1.29, 1.82) is 0 Å². The first-order valence-electron chi connectivity index (χ1n) is 7.77. The molecule has 3 nitrogen and oxygen atoms in total. The Labute approximate surface area is 133 Å². The van der Waals surface area contributed by atoms with Crippen LogP contribution in [0, 0.1) is 12.7 Å². The van der Waals surface area contributed by atoms with Crippen LogP contribution in [0.2, 0.25) is 0 Å². The van der Waals surface area contributed by atoms with Crippen LogP contribution in [0.4, 0.5) is 4.39 Å². The van der Waals surface area contributed by atoms with E-state index in [0.717, 1.165) is 22.9 Å². The van der Waals surface area contributed by atoms with Gasteiger partial charge in [-0.15, -0.1) is 0 Å². The third-order valence-corrected chi connectivity index (χ3v) is 4.65. The molecule has 0 unspecified atom stereocenters. The summed E-state index contributed by atoms with van der Waals surface area (Å²) < 4.78 is 13.4. The van der Waals surface area contributed by atoms with Gasteiger partial charge in [-0.3, -0.25) is 4.79 Å². The van der Waals surface area contributed by atoms with Crippen LogP contribution in [0.5, 0.6) is 0 Å². The van der Waals surface area contributed by atoms with Crippen LogP contribution in [0.15, 0.2) is 42.5 Å². The van der Waals surface area contributed by atoms with Gasteiger partial charge in [-0.1, -0.05) is 24.3 Å². The second-order valence-corrected chi connectivity index (χ2v) is 6.06. The fourth-order valence-electron chi connectivity index (χ4n) is 3.34. The average Bonchev–Trinajstić information content (AvgIpc) is 2.90. The van der Waals surface area contributed by atoms with E-state index in [4.69, 9.17) is 0 Å². The third kappa shape index (κ3) is 2.31. The summed E-state index contributed by atoms with van der Waals surface area (Å²) in [6.45, 7) is 3.20. The van der Waals surface area contributed by atoms with Crippen molar-refractivity contribution >= 4 is 16.8 Å². The summed E-state index contributed by atoms with van der Waals surface area (Å²) in [5, 5.41) is 0.769. The van der Waals surface area contributed by atoms with Crippen molar-refractivity contribution in [3.8, 4) is 0 Å². The molecule has 1 aromatic heterocycles. The van der Waals surface area contributed by atoms with Gasteiger partial charge < -0.3 is 9.88 Å². The number of amides is 1. The molecule has 1 aliphatic heterocycles. The molecular weight excluding hydrogens is 291 g/mol. The number of hydrogen-bond donors (Lipinski definition) is 1. The van der Waals surface area contributed by atoms with Crippen molar-refractivity contribution in [3.63, 3.8) is 0 Å². The molecule has 23 heavy (non-hydrogen) atoms. The predicted octanol–water partition coefficient (Wildman–Crippen LogP) is 3.81. The molecule has 1 aliphatic rings. The van der Waals surface area contributed by atoms with Gasteiger partial charge in [-0.25, -0.2) is 4.39 Å². The molecular formula is C19H17FN2O. The van der Waals surface area contributed by atoms with Gasteiger partial charge in [0.2, 0.25) is 0 Å². The van der Waals surface area contributed by atoms with Crippen molar-refractivity contribution in [2.24, 2.45) is 0 Å². The number of nitrogens with one attached hydrogen (secondary N) is 1. The first-order valence-corrected chi connectivity index (χ1v) is 7.77. The molecule has 0 atom stereocenters. The second-order valence-electron chi connectivity index (χ2n) is 6.06. The molecule has 4 heteroatoms. The molecule has 0 saturated heterocycles. The van der Waals surface area contributed by atoms with E-state index in [0.29, 0.717) is 18.8 Å². The van der Waals surface area contributed by atoms with Gasteiger partial charge in [0.15, 0.2) is 0 Å². The monoisotopic (exact) mass is 308 g/mol. The van der Waals surface area contributed by atoms with Gasteiger partial charge >= 0.3 is 0 Å². The van der Waals surface area contributed by atoms with E-state index in [9.17, 15) is 9.18 Å². The van der Waals surface area contributed by atoms with E-state index in [1.165, 1.54) is 23.3 Å². The van der Waals surface area contributed by atoms with E-state index < -0.39 is 0 Å². The second kappa shape index (κ2) is 5.23. The molecule has 3 aromatic rings. The van der Waals surface area contributed by atoms with E-state index in [2.05, 4.69) is 17.1 Å². The molecule has 0 radical (unpaired) electrons. The number of aryl methyl sites for hydroxylation is 1. The van der Waals surface area contributed by atoms with Gasteiger partial charge in [0.05, 0.1) is 0 Å². The fourth-order valence-corrected chi connectivity index (χ4v) is 3.34. The van der Waals surface area contributed by atoms with Gasteiger partial charge in [-0.05, 0) is 48.2 Å². The molecule has 2 heterocycles. The Morgan fingerprint density at radius 1 is 1.17 bits per heavy atom. The minimum Gasteiger partial charge on any atom is -0.350 e. The molecule has 0 spiro atoms. The summed E-state index contributed by atoms with van der Waals surface area (Å²) in [6, 6.07) is 12.8. The maximum absolute atomic E-state index is 13.4. The number of aromatic amines is 1. The average molecular weight is 308 g/mol. The number of carbonyl (C=O) groups is 1. The van der Waals surface area contributed by atoms with E-state index in [-0.39, 0.29) is 11.7 Å². The third-order valence-electron chi connectivity index (χ3n) is 4.65. The first kappa shape index (κ1) is 14.0. The molecule has 116 valence electrons. The SMILES string of the molecule is Cc1c(C(=O)N2CCc3ccccc3C2)[nH]c2ccc(F)cc12. The van der Waals surface area contributed by atoms with Gasteiger partial charge in [0.25, 0.3) is 5.91 Å². The number of rotatable bonds is 1. The summed E-state index contributed by atoms with van der Waals surface area (Å²) >= 11 is 0. The zero-order valence-corrected chi connectivity index (χ0v) is 12.9. The summed E-state index contributed by atoms with van der Waals surface area (Å²) in [5.41, 5.74) is 4.68. The van der Waals surface area contributed by atoms with Crippen LogP contribution in [0.25, 0.3) is 10.9 Å². The van der Waals surface area contributed by atoms with Crippen molar-refractivity contribution in [2.75, 3.05) is 6.54 Å². The number of aromatic nitrogens is 1. The van der Waals surface area contributed by atoms with Crippen molar-refractivity contribution in [2.45, 2.75) is 19.9 Å². The highest BCUT2D eigenvalue weighted by Crippen LogP contribution is 2.26. The molecule has 0 saturated carbocycles. The smallest absolute Gasteiger partial charge is 0.270 e. The summed E-state index contributed by atoms with van der Waals surface area (Å²) in [6.07, 6.45) is 0.871. The van der Waals surface area contributed by atoms with Crippen LogP contribution in [0.1, 0.15) is 27.2 Å². The maximum atomic E-state index is 13.4. The van der Waals surface area contributed by atoms with Crippen molar-refractivity contribution < 1.29 is 9.18 Å². The van der Waals surface area contributed by atoms with Gasteiger partial charge in [0, 0.05) is 24.0 Å². The predicted molar refractivity (Wildman–Crippen MR) is 87.9 cm³/mol. The van der Waals surface area contributed by atoms with Crippen molar-refractivity contribution in [3.05, 3.63) is 70.7 Å². The van der Waals surface area contributed by atoms with Crippen LogP contribution >= 0.6 is 0 Å². The maximum Gasteiger partial charge on any atom is 0.270 e. The number of H-pyrrole nitrogens is 1. The Hall–Kier alpha value is -2.62. The Morgan fingerprint density at radius 3 is 2.78 bits per heavy atom. The molecule has 1 N–H and O–H groups in total. The van der Waals surface area contributed by atoms with Crippen LogP contribution < -0.4 is 0 Å². The molecule has 2 aromatic carbocycles. The highest BCUT2D eigenvalue weighted by Gasteiger charge is 2.24. The number of benzene rings is 2. The molecule has 4 rings (SSSR count). The van der Waals surface area contributed by atoms with Crippen LogP contribution in [-0.2, 0) is 13.0 Å². The molecule has 0 fully saturated rings. The largest absolute Gasteiger partial charge is 0.350 e.